The molecule has 1 heterocycles. The van der Waals surface area contributed by atoms with Crippen LogP contribution in [0.25, 0.3) is 0 Å². The van der Waals surface area contributed by atoms with Crippen LogP contribution in [0.5, 0.6) is 0 Å². The van der Waals surface area contributed by atoms with Gasteiger partial charge in [-0.2, -0.15) is 0 Å². The normalized spacial score (nSPS) is 22.5. The summed E-state index contributed by atoms with van der Waals surface area (Å²) < 4.78 is 13.0. The topological polar surface area (TPSA) is 40.5 Å². The predicted molar refractivity (Wildman–Crippen MR) is 82.7 cm³/mol. The van der Waals surface area contributed by atoms with Gasteiger partial charge in [0.2, 0.25) is 5.91 Å². The van der Waals surface area contributed by atoms with Gasteiger partial charge in [0.15, 0.2) is 0 Å². The highest BCUT2D eigenvalue weighted by Gasteiger charge is 2.37. The van der Waals surface area contributed by atoms with Crippen molar-refractivity contribution in [3.63, 3.8) is 0 Å². The van der Waals surface area contributed by atoms with E-state index in [1.165, 1.54) is 18.6 Å². The van der Waals surface area contributed by atoms with E-state index >= 15 is 0 Å². The van der Waals surface area contributed by atoms with Gasteiger partial charge in [0.05, 0.1) is 5.60 Å². The summed E-state index contributed by atoms with van der Waals surface area (Å²) in [4.78, 5) is 14.5. The summed E-state index contributed by atoms with van der Waals surface area (Å²) in [5, 5.41) is 10.8. The second kappa shape index (κ2) is 6.37. The minimum Gasteiger partial charge on any atom is -0.385 e. The van der Waals surface area contributed by atoms with Crippen LogP contribution in [0.1, 0.15) is 50.5 Å². The fraction of sp³-hybridized carbons (Fsp3) is 0.611. The lowest BCUT2D eigenvalue weighted by atomic mass is 9.83. The number of nitrogens with zero attached hydrogens (tertiary/aromatic N) is 1. The van der Waals surface area contributed by atoms with Crippen molar-refractivity contribution < 1.29 is 14.3 Å². The van der Waals surface area contributed by atoms with Gasteiger partial charge in [0.25, 0.3) is 0 Å². The van der Waals surface area contributed by atoms with Gasteiger partial charge < -0.3 is 10.0 Å². The number of likely N-dealkylation sites (tertiary alicyclic amines) is 1. The van der Waals surface area contributed by atoms with E-state index in [0.717, 1.165) is 31.2 Å². The number of halogens is 1. The molecule has 1 saturated heterocycles. The van der Waals surface area contributed by atoms with Gasteiger partial charge in [-0.1, -0.05) is 31.4 Å². The molecule has 0 unspecified atom stereocenters. The van der Waals surface area contributed by atoms with E-state index in [4.69, 9.17) is 0 Å². The Bertz CT molecular complexity index is 514. The average molecular weight is 305 g/mol. The van der Waals surface area contributed by atoms with Gasteiger partial charge >= 0.3 is 0 Å². The van der Waals surface area contributed by atoms with Crippen molar-refractivity contribution in [2.24, 2.45) is 5.92 Å². The standard InChI is InChI=1S/C18H24FNO2/c19-16-8-6-15(7-9-16)18(22)10-12-20(13-11-18)17(21)14-4-2-1-3-5-14/h6-9,14,22H,1-5,10-13H2. The number of hydrogen-bond donors (Lipinski definition) is 1. The molecule has 120 valence electrons. The molecule has 3 nitrogen and oxygen atoms in total. The highest BCUT2D eigenvalue weighted by atomic mass is 19.1. The van der Waals surface area contributed by atoms with Crippen LogP contribution in [0, 0.1) is 11.7 Å². The van der Waals surface area contributed by atoms with Crippen LogP contribution >= 0.6 is 0 Å². The van der Waals surface area contributed by atoms with Gasteiger partial charge in [0, 0.05) is 19.0 Å². The van der Waals surface area contributed by atoms with Gasteiger partial charge in [0.1, 0.15) is 5.82 Å². The Morgan fingerprint density at radius 3 is 2.27 bits per heavy atom. The lowest BCUT2D eigenvalue weighted by Gasteiger charge is -2.40. The summed E-state index contributed by atoms with van der Waals surface area (Å²) >= 11 is 0. The summed E-state index contributed by atoms with van der Waals surface area (Å²) in [6.45, 7) is 1.17. The summed E-state index contributed by atoms with van der Waals surface area (Å²) in [5.41, 5.74) is -0.185. The second-order valence-electron chi connectivity index (χ2n) is 6.70. The van der Waals surface area contributed by atoms with Crippen molar-refractivity contribution in [1.29, 1.82) is 0 Å². The summed E-state index contributed by atoms with van der Waals surface area (Å²) in [6, 6.07) is 6.06. The number of aliphatic hydroxyl groups is 1. The van der Waals surface area contributed by atoms with E-state index in [-0.39, 0.29) is 17.6 Å². The van der Waals surface area contributed by atoms with Crippen LogP contribution in [0.3, 0.4) is 0 Å². The Labute approximate surface area is 131 Å². The zero-order valence-corrected chi connectivity index (χ0v) is 12.9. The van der Waals surface area contributed by atoms with E-state index in [2.05, 4.69) is 0 Å². The number of carbonyl (C=O) groups excluding carboxylic acids is 1. The van der Waals surface area contributed by atoms with Crippen molar-refractivity contribution in [2.75, 3.05) is 13.1 Å². The van der Waals surface area contributed by atoms with Crippen LogP contribution in [0.15, 0.2) is 24.3 Å². The molecule has 0 radical (unpaired) electrons. The van der Waals surface area contributed by atoms with Crippen molar-refractivity contribution >= 4 is 5.91 Å². The molecule has 3 rings (SSSR count). The number of amides is 1. The fourth-order valence-corrected chi connectivity index (χ4v) is 3.75. The number of piperidine rings is 1. The highest BCUT2D eigenvalue weighted by Crippen LogP contribution is 2.34. The smallest absolute Gasteiger partial charge is 0.225 e. The SMILES string of the molecule is O=C(C1CCCCC1)N1CCC(O)(c2ccc(F)cc2)CC1. The minimum absolute atomic E-state index is 0.186. The van der Waals surface area contributed by atoms with Crippen LogP contribution in [0.4, 0.5) is 4.39 Å². The van der Waals surface area contributed by atoms with E-state index in [0.29, 0.717) is 25.9 Å². The number of benzene rings is 1. The molecule has 22 heavy (non-hydrogen) atoms. The lowest BCUT2D eigenvalue weighted by molar-refractivity contribution is -0.141. The average Bonchev–Trinajstić information content (AvgIpc) is 2.56. The van der Waals surface area contributed by atoms with Crippen LogP contribution in [-0.4, -0.2) is 29.0 Å². The number of carbonyl (C=O) groups is 1. The third kappa shape index (κ3) is 3.17. The molecule has 1 aromatic rings. The molecule has 4 heteroatoms. The molecule has 2 aliphatic rings. The zero-order valence-electron chi connectivity index (χ0n) is 12.9. The molecular weight excluding hydrogens is 281 g/mol. The molecular formula is C18H24FNO2. The maximum Gasteiger partial charge on any atom is 0.225 e. The molecule has 0 atom stereocenters. The Hall–Kier alpha value is -1.42. The molecule has 1 aliphatic heterocycles. The van der Waals surface area contributed by atoms with Gasteiger partial charge in [-0.05, 0) is 43.4 Å². The molecule has 0 aromatic heterocycles. The maximum absolute atomic E-state index is 13.0. The van der Waals surface area contributed by atoms with Crippen molar-refractivity contribution in [3.05, 3.63) is 35.6 Å². The quantitative estimate of drug-likeness (QED) is 0.911. The largest absolute Gasteiger partial charge is 0.385 e. The monoisotopic (exact) mass is 305 g/mol. The summed E-state index contributed by atoms with van der Waals surface area (Å²) in [5.74, 6) is 0.156. The van der Waals surface area contributed by atoms with E-state index in [1.807, 2.05) is 4.90 Å². The third-order valence-corrected chi connectivity index (χ3v) is 5.24. The first kappa shape index (κ1) is 15.5. The van der Waals surface area contributed by atoms with Crippen LogP contribution in [-0.2, 0) is 10.4 Å². The molecule has 0 bridgehead atoms. The molecule has 1 saturated carbocycles. The molecule has 1 aromatic carbocycles. The summed E-state index contributed by atoms with van der Waals surface area (Å²) in [6.07, 6.45) is 6.63. The Morgan fingerprint density at radius 1 is 1.09 bits per heavy atom. The van der Waals surface area contributed by atoms with Crippen molar-refractivity contribution in [3.8, 4) is 0 Å². The summed E-state index contributed by atoms with van der Waals surface area (Å²) in [7, 11) is 0. The molecule has 1 amide bonds. The number of hydrogen-bond acceptors (Lipinski definition) is 2. The first-order valence-corrected chi connectivity index (χ1v) is 8.36. The first-order valence-electron chi connectivity index (χ1n) is 8.36. The van der Waals surface area contributed by atoms with Crippen molar-refractivity contribution in [1.82, 2.24) is 4.90 Å². The molecule has 2 fully saturated rings. The Kier molecular flexibility index (Phi) is 4.48. The zero-order chi connectivity index (χ0) is 15.6. The molecule has 1 aliphatic carbocycles. The van der Waals surface area contributed by atoms with E-state index < -0.39 is 5.60 Å². The van der Waals surface area contributed by atoms with E-state index in [1.54, 1.807) is 12.1 Å². The predicted octanol–water partition coefficient (Wildman–Crippen LogP) is 3.22. The van der Waals surface area contributed by atoms with Gasteiger partial charge in [-0.25, -0.2) is 4.39 Å². The molecule has 1 N–H and O–H groups in total. The van der Waals surface area contributed by atoms with Crippen LogP contribution in [0.2, 0.25) is 0 Å². The fourth-order valence-electron chi connectivity index (χ4n) is 3.75. The highest BCUT2D eigenvalue weighted by molar-refractivity contribution is 5.79. The number of rotatable bonds is 2. The van der Waals surface area contributed by atoms with E-state index in [9.17, 15) is 14.3 Å². The second-order valence-corrected chi connectivity index (χ2v) is 6.70. The lowest BCUT2D eigenvalue weighted by Crippen LogP contribution is -2.47. The van der Waals surface area contributed by atoms with Crippen molar-refractivity contribution in [2.45, 2.75) is 50.5 Å². The maximum atomic E-state index is 13.0. The first-order chi connectivity index (χ1) is 10.6. The third-order valence-electron chi connectivity index (χ3n) is 5.24. The van der Waals surface area contributed by atoms with Gasteiger partial charge in [-0.15, -0.1) is 0 Å². The molecule has 0 spiro atoms. The van der Waals surface area contributed by atoms with Crippen LogP contribution < -0.4 is 0 Å². The minimum atomic E-state index is -0.933. The Balaban J connectivity index is 1.61. The van der Waals surface area contributed by atoms with Gasteiger partial charge in [-0.3, -0.25) is 4.79 Å². The Morgan fingerprint density at radius 2 is 1.68 bits per heavy atom.